The molecule has 0 bridgehead atoms. The second-order valence-electron chi connectivity index (χ2n) is 6.66. The van der Waals surface area contributed by atoms with Crippen molar-refractivity contribution in [3.05, 3.63) is 59.4 Å². The molecule has 1 fully saturated rings. The Labute approximate surface area is 141 Å². The van der Waals surface area contributed by atoms with E-state index in [1.165, 1.54) is 23.4 Å². The Morgan fingerprint density at radius 1 is 1.25 bits per heavy atom. The van der Waals surface area contributed by atoms with Crippen molar-refractivity contribution < 1.29 is 9.18 Å². The third-order valence-electron chi connectivity index (χ3n) is 5.15. The van der Waals surface area contributed by atoms with E-state index in [9.17, 15) is 9.18 Å². The van der Waals surface area contributed by atoms with Gasteiger partial charge in [0, 0.05) is 30.4 Å². The Kier molecular flexibility index (Phi) is 3.75. The first kappa shape index (κ1) is 15.2. The fourth-order valence-electron chi connectivity index (χ4n) is 3.65. The van der Waals surface area contributed by atoms with Crippen molar-refractivity contribution in [1.82, 2.24) is 0 Å². The molecule has 2 aromatic carbocycles. The largest absolute Gasteiger partial charge is 0.371 e. The maximum absolute atomic E-state index is 13.0. The Morgan fingerprint density at radius 2 is 2.04 bits per heavy atom. The third kappa shape index (κ3) is 2.77. The zero-order valence-electron chi connectivity index (χ0n) is 13.8. The first-order chi connectivity index (χ1) is 11.7. The molecule has 0 saturated heterocycles. The van der Waals surface area contributed by atoms with Crippen LogP contribution in [0.5, 0.6) is 0 Å². The van der Waals surface area contributed by atoms with Crippen LogP contribution in [0, 0.1) is 11.7 Å². The quantitative estimate of drug-likeness (QED) is 0.923. The number of anilines is 2. The molecular formula is C20H21FN2O. The van der Waals surface area contributed by atoms with Crippen LogP contribution in [-0.2, 0) is 11.2 Å². The molecule has 1 amide bonds. The smallest absolute Gasteiger partial charge is 0.228 e. The molecular weight excluding hydrogens is 303 g/mol. The van der Waals surface area contributed by atoms with Crippen LogP contribution in [-0.4, -0.2) is 19.0 Å². The van der Waals surface area contributed by atoms with Crippen LogP contribution in [0.3, 0.4) is 0 Å². The van der Waals surface area contributed by atoms with E-state index in [2.05, 4.69) is 29.3 Å². The highest BCUT2D eigenvalue weighted by Gasteiger charge is 2.43. The number of likely N-dealkylation sites (N-methyl/N-ethyl adjacent to an activating group) is 1. The zero-order chi connectivity index (χ0) is 16.7. The van der Waals surface area contributed by atoms with E-state index in [1.807, 2.05) is 6.07 Å². The minimum Gasteiger partial charge on any atom is -0.371 e. The average molecular weight is 324 g/mol. The summed E-state index contributed by atoms with van der Waals surface area (Å²) in [5.41, 5.74) is 4.50. The van der Waals surface area contributed by atoms with Crippen LogP contribution in [0.15, 0.2) is 42.5 Å². The summed E-state index contributed by atoms with van der Waals surface area (Å²) in [5.74, 6) is 0.0301. The van der Waals surface area contributed by atoms with Gasteiger partial charge in [0.2, 0.25) is 5.91 Å². The molecule has 0 spiro atoms. The first-order valence-corrected chi connectivity index (χ1v) is 8.60. The molecule has 2 atom stereocenters. The van der Waals surface area contributed by atoms with Crippen LogP contribution in [0.2, 0.25) is 0 Å². The summed E-state index contributed by atoms with van der Waals surface area (Å²) in [6.45, 7) is 4.19. The normalized spacial score (nSPS) is 21.5. The van der Waals surface area contributed by atoms with E-state index < -0.39 is 0 Å². The molecule has 124 valence electrons. The minimum absolute atomic E-state index is 0.00834. The number of hydrogen-bond acceptors (Lipinski definition) is 2. The number of rotatable bonds is 4. The summed E-state index contributed by atoms with van der Waals surface area (Å²) in [6.07, 6.45) is 1.91. The Morgan fingerprint density at radius 3 is 2.79 bits per heavy atom. The van der Waals surface area contributed by atoms with E-state index in [0.29, 0.717) is 0 Å². The maximum Gasteiger partial charge on any atom is 0.228 e. The standard InChI is InChI=1S/C20H21FN2O/c1-2-23-10-9-14-5-8-16(11-19(14)23)22-20(24)18-12-17(18)13-3-6-15(21)7-4-13/h3-8,11,17-18H,2,9-10,12H2,1H3,(H,22,24). The fraction of sp³-hybridized carbons (Fsp3) is 0.350. The molecule has 0 aromatic heterocycles. The average Bonchev–Trinajstić information content (AvgIpc) is 3.29. The van der Waals surface area contributed by atoms with E-state index in [1.54, 1.807) is 12.1 Å². The number of benzene rings is 2. The summed E-state index contributed by atoms with van der Waals surface area (Å²) in [7, 11) is 0. The minimum atomic E-state index is -0.237. The second-order valence-corrected chi connectivity index (χ2v) is 6.66. The molecule has 1 aliphatic heterocycles. The van der Waals surface area contributed by atoms with Crippen molar-refractivity contribution in [1.29, 1.82) is 0 Å². The van der Waals surface area contributed by atoms with Crippen molar-refractivity contribution >= 4 is 17.3 Å². The number of fused-ring (bicyclic) bond motifs is 1. The van der Waals surface area contributed by atoms with Gasteiger partial charge in [0.15, 0.2) is 0 Å². The van der Waals surface area contributed by atoms with Gasteiger partial charge in [-0.3, -0.25) is 4.79 Å². The molecule has 4 rings (SSSR count). The van der Waals surface area contributed by atoms with Gasteiger partial charge in [0.05, 0.1) is 0 Å². The summed E-state index contributed by atoms with van der Waals surface area (Å²) in [5, 5.41) is 3.05. The molecule has 2 aliphatic rings. The van der Waals surface area contributed by atoms with E-state index in [-0.39, 0.29) is 23.6 Å². The van der Waals surface area contributed by atoms with Crippen molar-refractivity contribution in [3.8, 4) is 0 Å². The van der Waals surface area contributed by atoms with Crippen LogP contribution in [0.4, 0.5) is 15.8 Å². The first-order valence-electron chi connectivity index (χ1n) is 8.60. The molecule has 0 radical (unpaired) electrons. The van der Waals surface area contributed by atoms with Crippen LogP contribution in [0.25, 0.3) is 0 Å². The number of nitrogens with one attached hydrogen (secondary N) is 1. The van der Waals surface area contributed by atoms with Gasteiger partial charge in [-0.15, -0.1) is 0 Å². The Balaban J connectivity index is 1.43. The third-order valence-corrected chi connectivity index (χ3v) is 5.15. The lowest BCUT2D eigenvalue weighted by Crippen LogP contribution is -2.19. The SMILES string of the molecule is CCN1CCc2ccc(NC(=O)C3CC3c3ccc(F)cc3)cc21. The van der Waals surface area contributed by atoms with Gasteiger partial charge in [-0.1, -0.05) is 18.2 Å². The van der Waals surface area contributed by atoms with Crippen LogP contribution in [0.1, 0.15) is 30.4 Å². The predicted octanol–water partition coefficient (Wildman–Crippen LogP) is 3.95. The van der Waals surface area contributed by atoms with Gasteiger partial charge in [-0.25, -0.2) is 4.39 Å². The Bertz CT molecular complexity index is 772. The number of carbonyl (C=O) groups excluding carboxylic acids is 1. The topological polar surface area (TPSA) is 32.3 Å². The molecule has 3 nitrogen and oxygen atoms in total. The second kappa shape index (κ2) is 5.93. The van der Waals surface area contributed by atoms with Gasteiger partial charge >= 0.3 is 0 Å². The molecule has 1 N–H and O–H groups in total. The van der Waals surface area contributed by atoms with Crippen LogP contribution >= 0.6 is 0 Å². The highest BCUT2D eigenvalue weighted by atomic mass is 19.1. The zero-order valence-corrected chi connectivity index (χ0v) is 13.8. The lowest BCUT2D eigenvalue weighted by molar-refractivity contribution is -0.117. The van der Waals surface area contributed by atoms with Crippen molar-refractivity contribution in [2.45, 2.75) is 25.7 Å². The molecule has 2 aromatic rings. The number of carbonyl (C=O) groups is 1. The Hall–Kier alpha value is -2.36. The predicted molar refractivity (Wildman–Crippen MR) is 93.9 cm³/mol. The maximum atomic E-state index is 13.0. The molecule has 2 unspecified atom stereocenters. The molecule has 24 heavy (non-hydrogen) atoms. The molecule has 1 saturated carbocycles. The van der Waals surface area contributed by atoms with E-state index in [4.69, 9.17) is 0 Å². The van der Waals surface area contributed by atoms with Crippen molar-refractivity contribution in [2.75, 3.05) is 23.3 Å². The van der Waals surface area contributed by atoms with Gasteiger partial charge in [0.1, 0.15) is 5.82 Å². The highest BCUT2D eigenvalue weighted by molar-refractivity contribution is 5.95. The number of hydrogen-bond donors (Lipinski definition) is 1. The van der Waals surface area contributed by atoms with Crippen molar-refractivity contribution in [2.24, 2.45) is 5.92 Å². The summed E-state index contributed by atoms with van der Waals surface area (Å²) < 4.78 is 13.0. The fourth-order valence-corrected chi connectivity index (χ4v) is 3.65. The molecule has 1 aliphatic carbocycles. The van der Waals surface area contributed by atoms with Gasteiger partial charge in [-0.2, -0.15) is 0 Å². The highest BCUT2D eigenvalue weighted by Crippen LogP contribution is 2.48. The lowest BCUT2D eigenvalue weighted by atomic mass is 10.1. The van der Waals surface area contributed by atoms with Crippen molar-refractivity contribution in [3.63, 3.8) is 0 Å². The van der Waals surface area contributed by atoms with E-state index in [0.717, 1.165) is 37.2 Å². The number of halogens is 1. The number of amides is 1. The number of nitrogens with zero attached hydrogens (tertiary/aromatic N) is 1. The van der Waals surface area contributed by atoms with Gasteiger partial charge in [0.25, 0.3) is 0 Å². The summed E-state index contributed by atoms with van der Waals surface area (Å²) in [6, 6.07) is 12.7. The lowest BCUT2D eigenvalue weighted by Gasteiger charge is -2.17. The van der Waals surface area contributed by atoms with Gasteiger partial charge in [-0.05, 0) is 61.1 Å². The monoisotopic (exact) mass is 324 g/mol. The van der Waals surface area contributed by atoms with Crippen LogP contribution < -0.4 is 10.2 Å². The molecule has 1 heterocycles. The summed E-state index contributed by atoms with van der Waals surface area (Å²) in [4.78, 5) is 14.8. The van der Waals surface area contributed by atoms with E-state index >= 15 is 0 Å². The van der Waals surface area contributed by atoms with Gasteiger partial charge < -0.3 is 10.2 Å². The summed E-state index contributed by atoms with van der Waals surface area (Å²) >= 11 is 0. The molecule has 4 heteroatoms.